The van der Waals surface area contributed by atoms with Gasteiger partial charge >= 0.3 is 0 Å². The Morgan fingerprint density at radius 3 is 2.15 bits per heavy atom. The van der Waals surface area contributed by atoms with Crippen LogP contribution < -0.4 is 5.32 Å². The van der Waals surface area contributed by atoms with Crippen LogP contribution >= 0.6 is 0 Å². The second-order valence-corrected chi connectivity index (χ2v) is 6.17. The van der Waals surface area contributed by atoms with Gasteiger partial charge < -0.3 is 5.32 Å². The van der Waals surface area contributed by atoms with Crippen LogP contribution in [0.25, 0.3) is 0 Å². The Kier molecular flexibility index (Phi) is 10.2. The monoisotopic (exact) mass is 277 g/mol. The molecular weight excluding hydrogens is 242 g/mol. The molecule has 0 rings (SSSR count). The first kappa shape index (κ1) is 19.0. The van der Waals surface area contributed by atoms with E-state index in [0.717, 1.165) is 18.5 Å². The van der Waals surface area contributed by atoms with E-state index in [1.165, 1.54) is 43.4 Å². The van der Waals surface area contributed by atoms with Crippen molar-refractivity contribution in [1.82, 2.24) is 5.32 Å². The number of allylic oxidation sites excluding steroid dienone is 3. The number of rotatable bonds is 12. The normalized spacial score (nSPS) is 13.6. The van der Waals surface area contributed by atoms with Crippen LogP contribution in [0.5, 0.6) is 0 Å². The summed E-state index contributed by atoms with van der Waals surface area (Å²) in [4.78, 5) is 0. The van der Waals surface area contributed by atoms with Crippen LogP contribution in [0, 0.1) is 11.8 Å². The Balaban J connectivity index is 3.55. The molecule has 0 spiro atoms. The Morgan fingerprint density at radius 2 is 1.60 bits per heavy atom. The fourth-order valence-corrected chi connectivity index (χ4v) is 2.14. The lowest BCUT2D eigenvalue weighted by Crippen LogP contribution is -2.22. The molecule has 0 saturated carbocycles. The number of nitrogens with one attached hydrogen (secondary N) is 1. The molecule has 0 aromatic heterocycles. The summed E-state index contributed by atoms with van der Waals surface area (Å²) in [5.74, 6) is 1.28. The molecule has 2 atom stereocenters. The highest BCUT2D eigenvalue weighted by atomic mass is 14.9. The molecule has 0 aliphatic carbocycles. The molecule has 2 unspecified atom stereocenters. The topological polar surface area (TPSA) is 12.0 Å². The maximum absolute atomic E-state index is 4.17. The molecule has 0 aromatic rings. The molecule has 0 heterocycles. The number of unbranched alkanes of at least 4 members (excludes halogenated alkanes) is 3. The maximum Gasteiger partial charge on any atom is 0.0143 e. The first-order valence-corrected chi connectivity index (χ1v) is 8.16. The van der Waals surface area contributed by atoms with E-state index in [-0.39, 0.29) is 0 Å². The summed E-state index contributed by atoms with van der Waals surface area (Å²) >= 11 is 0. The van der Waals surface area contributed by atoms with Crippen LogP contribution in [0.1, 0.15) is 66.2 Å². The fourth-order valence-electron chi connectivity index (χ4n) is 2.14. The number of hydrogen-bond acceptors (Lipinski definition) is 1. The van der Waals surface area contributed by atoms with Gasteiger partial charge in [-0.3, -0.25) is 0 Å². The summed E-state index contributed by atoms with van der Waals surface area (Å²) in [6, 6.07) is 0. The van der Waals surface area contributed by atoms with Crippen molar-refractivity contribution in [2.24, 2.45) is 11.8 Å². The largest absolute Gasteiger partial charge is 0.389 e. The van der Waals surface area contributed by atoms with Crippen molar-refractivity contribution in [2.75, 3.05) is 6.54 Å². The molecule has 1 heteroatoms. The maximum atomic E-state index is 4.17. The minimum Gasteiger partial charge on any atom is -0.389 e. The fraction of sp³-hybridized carbons (Fsp3) is 0.684. The average molecular weight is 277 g/mol. The number of hydrogen-bond donors (Lipinski definition) is 1. The van der Waals surface area contributed by atoms with Gasteiger partial charge in [0.15, 0.2) is 0 Å². The predicted octanol–water partition coefficient (Wildman–Crippen LogP) is 5.85. The van der Waals surface area contributed by atoms with Gasteiger partial charge in [-0.05, 0) is 38.0 Å². The van der Waals surface area contributed by atoms with Crippen molar-refractivity contribution in [1.29, 1.82) is 0 Å². The van der Waals surface area contributed by atoms with Gasteiger partial charge in [0.25, 0.3) is 0 Å². The standard InChI is InChI=1S/C19H35N/c1-8-16(4)18(6)19(7)20-14-12-10-9-11-13-17(5)15(2)3/h16,18,20H,2,5,7-14H2,1,3-4,6H3. The molecule has 0 fully saturated rings. The van der Waals surface area contributed by atoms with Gasteiger partial charge in [-0.15, -0.1) is 0 Å². The molecular formula is C19H35N. The smallest absolute Gasteiger partial charge is 0.0143 e. The van der Waals surface area contributed by atoms with Crippen LogP contribution in [-0.4, -0.2) is 6.54 Å². The summed E-state index contributed by atoms with van der Waals surface area (Å²) in [6.45, 7) is 22.0. The zero-order valence-electron chi connectivity index (χ0n) is 14.2. The summed E-state index contributed by atoms with van der Waals surface area (Å²) in [6.07, 6.45) is 7.33. The van der Waals surface area contributed by atoms with Crippen LogP contribution in [0.3, 0.4) is 0 Å². The average Bonchev–Trinajstić information content (AvgIpc) is 2.43. The third-order valence-corrected chi connectivity index (χ3v) is 4.41. The van der Waals surface area contributed by atoms with Crippen molar-refractivity contribution in [3.63, 3.8) is 0 Å². The van der Waals surface area contributed by atoms with Gasteiger partial charge in [0.2, 0.25) is 0 Å². The van der Waals surface area contributed by atoms with Gasteiger partial charge in [0, 0.05) is 12.2 Å². The van der Waals surface area contributed by atoms with Gasteiger partial charge in [-0.1, -0.05) is 70.9 Å². The molecule has 0 radical (unpaired) electrons. The Hall–Kier alpha value is -0.980. The lowest BCUT2D eigenvalue weighted by molar-refractivity contribution is 0.406. The zero-order chi connectivity index (χ0) is 15.5. The van der Waals surface area contributed by atoms with Gasteiger partial charge in [-0.25, -0.2) is 0 Å². The molecule has 0 aliphatic rings. The molecule has 116 valence electrons. The Morgan fingerprint density at radius 1 is 1.00 bits per heavy atom. The quantitative estimate of drug-likeness (QED) is 0.348. The Labute approximate surface area is 127 Å². The summed E-state index contributed by atoms with van der Waals surface area (Å²) in [5.41, 5.74) is 3.54. The summed E-state index contributed by atoms with van der Waals surface area (Å²) < 4.78 is 0. The van der Waals surface area contributed by atoms with Gasteiger partial charge in [-0.2, -0.15) is 0 Å². The van der Waals surface area contributed by atoms with Crippen LogP contribution in [0.4, 0.5) is 0 Å². The molecule has 0 aromatic carbocycles. The van der Waals surface area contributed by atoms with E-state index in [1.807, 2.05) is 6.92 Å². The highest BCUT2D eigenvalue weighted by Crippen LogP contribution is 2.20. The van der Waals surface area contributed by atoms with Gasteiger partial charge in [0.05, 0.1) is 0 Å². The summed E-state index contributed by atoms with van der Waals surface area (Å²) in [7, 11) is 0. The lowest BCUT2D eigenvalue weighted by atomic mass is 9.91. The third-order valence-electron chi connectivity index (χ3n) is 4.41. The van der Waals surface area contributed by atoms with Crippen molar-refractivity contribution < 1.29 is 0 Å². The van der Waals surface area contributed by atoms with Crippen molar-refractivity contribution in [2.45, 2.75) is 66.2 Å². The Bertz CT molecular complexity index is 314. The third kappa shape index (κ3) is 8.24. The van der Waals surface area contributed by atoms with E-state index >= 15 is 0 Å². The molecule has 0 saturated heterocycles. The zero-order valence-corrected chi connectivity index (χ0v) is 14.2. The van der Waals surface area contributed by atoms with Crippen LogP contribution in [-0.2, 0) is 0 Å². The second-order valence-electron chi connectivity index (χ2n) is 6.17. The highest BCUT2D eigenvalue weighted by molar-refractivity contribution is 5.22. The molecule has 20 heavy (non-hydrogen) atoms. The second kappa shape index (κ2) is 10.8. The van der Waals surface area contributed by atoms with Crippen molar-refractivity contribution >= 4 is 0 Å². The molecule has 0 aliphatic heterocycles. The van der Waals surface area contributed by atoms with E-state index in [1.54, 1.807) is 0 Å². The van der Waals surface area contributed by atoms with Crippen LogP contribution in [0.2, 0.25) is 0 Å². The predicted molar refractivity (Wildman–Crippen MR) is 92.8 cm³/mol. The summed E-state index contributed by atoms with van der Waals surface area (Å²) in [5, 5.41) is 3.49. The molecule has 1 N–H and O–H groups in total. The van der Waals surface area contributed by atoms with E-state index in [4.69, 9.17) is 0 Å². The van der Waals surface area contributed by atoms with Crippen LogP contribution in [0.15, 0.2) is 36.6 Å². The minimum atomic E-state index is 0.568. The molecule has 0 bridgehead atoms. The molecule has 1 nitrogen and oxygen atoms in total. The van der Waals surface area contributed by atoms with Gasteiger partial charge in [0.1, 0.15) is 0 Å². The van der Waals surface area contributed by atoms with E-state index in [9.17, 15) is 0 Å². The SMILES string of the molecule is C=C(C)C(=C)CCCCCCNC(=C)C(C)C(C)CC. The van der Waals surface area contributed by atoms with Crippen molar-refractivity contribution in [3.05, 3.63) is 36.6 Å². The first-order chi connectivity index (χ1) is 9.40. The minimum absolute atomic E-state index is 0.568. The lowest BCUT2D eigenvalue weighted by Gasteiger charge is -2.22. The van der Waals surface area contributed by atoms with Crippen molar-refractivity contribution in [3.8, 4) is 0 Å². The van der Waals surface area contributed by atoms with E-state index in [2.05, 4.69) is 45.8 Å². The van der Waals surface area contributed by atoms with E-state index in [0.29, 0.717) is 11.8 Å². The van der Waals surface area contributed by atoms with E-state index < -0.39 is 0 Å². The molecule has 0 amide bonds. The highest BCUT2D eigenvalue weighted by Gasteiger charge is 2.12. The first-order valence-electron chi connectivity index (χ1n) is 8.16.